The quantitative estimate of drug-likeness (QED) is 0.164. The molecule has 2 aromatic heterocycles. The van der Waals surface area contributed by atoms with Crippen LogP contribution in [0.4, 0.5) is 13.2 Å². The van der Waals surface area contributed by atoms with Crippen LogP contribution >= 0.6 is 0 Å². The molecule has 6 heteroatoms. The first-order chi connectivity index (χ1) is 31.5. The van der Waals surface area contributed by atoms with Crippen molar-refractivity contribution in [3.05, 3.63) is 216 Å². The first kappa shape index (κ1) is 39.7. The van der Waals surface area contributed by atoms with Crippen LogP contribution in [0.15, 0.2) is 188 Å². The summed E-state index contributed by atoms with van der Waals surface area (Å²) >= 11 is 0. The van der Waals surface area contributed by atoms with Crippen molar-refractivity contribution >= 4 is 43.6 Å². The Morgan fingerprint density at radius 3 is 1.35 bits per heavy atom. The van der Waals surface area contributed by atoms with Gasteiger partial charge in [0.1, 0.15) is 0 Å². The molecule has 3 nitrogen and oxygen atoms in total. The predicted molar refractivity (Wildman–Crippen MR) is 261 cm³/mol. The fraction of sp³-hybridized carbons (Fsp3) is 0.0678. The predicted octanol–water partition coefficient (Wildman–Crippen LogP) is 16.4. The largest absolute Gasteiger partial charge is 0.416 e. The van der Waals surface area contributed by atoms with E-state index in [0.29, 0.717) is 22.3 Å². The van der Waals surface area contributed by atoms with Crippen molar-refractivity contribution in [1.29, 1.82) is 5.26 Å². The van der Waals surface area contributed by atoms with Crippen molar-refractivity contribution in [1.82, 2.24) is 9.13 Å². The molecule has 0 saturated heterocycles. The molecule has 0 unspecified atom stereocenters. The van der Waals surface area contributed by atoms with E-state index in [1.54, 1.807) is 6.92 Å². The van der Waals surface area contributed by atoms with E-state index in [9.17, 15) is 18.4 Å². The number of halogens is 3. The molecule has 0 saturated carbocycles. The van der Waals surface area contributed by atoms with Crippen LogP contribution in [-0.4, -0.2) is 9.13 Å². The summed E-state index contributed by atoms with van der Waals surface area (Å²) < 4.78 is 47.5. The lowest BCUT2D eigenvalue weighted by Gasteiger charge is -2.20. The van der Waals surface area contributed by atoms with Gasteiger partial charge in [0, 0.05) is 32.7 Å². The Morgan fingerprint density at radius 1 is 0.385 bits per heavy atom. The van der Waals surface area contributed by atoms with E-state index in [2.05, 4.69) is 144 Å². The molecular formula is C59H40F3N3. The molecule has 312 valence electrons. The molecule has 0 bridgehead atoms. The van der Waals surface area contributed by atoms with E-state index in [0.717, 1.165) is 88.4 Å². The minimum atomic E-state index is -4.51. The average molecular weight is 848 g/mol. The fourth-order valence-corrected chi connectivity index (χ4v) is 9.57. The lowest BCUT2D eigenvalue weighted by atomic mass is 9.94. The van der Waals surface area contributed by atoms with Crippen LogP contribution in [0.5, 0.6) is 0 Å². The van der Waals surface area contributed by atoms with Gasteiger partial charge in [0.2, 0.25) is 0 Å². The summed E-state index contributed by atoms with van der Waals surface area (Å²) in [6.45, 7) is 5.86. The van der Waals surface area contributed by atoms with E-state index in [4.69, 9.17) is 0 Å². The van der Waals surface area contributed by atoms with Crippen LogP contribution in [0.25, 0.3) is 99.5 Å². The third kappa shape index (κ3) is 6.85. The van der Waals surface area contributed by atoms with Crippen LogP contribution in [0, 0.1) is 32.1 Å². The summed E-state index contributed by atoms with van der Waals surface area (Å²) in [4.78, 5) is 0. The van der Waals surface area contributed by atoms with Crippen molar-refractivity contribution in [3.63, 3.8) is 0 Å². The van der Waals surface area contributed by atoms with Gasteiger partial charge in [-0.1, -0.05) is 132 Å². The monoisotopic (exact) mass is 847 g/mol. The summed E-state index contributed by atoms with van der Waals surface area (Å²) in [6, 6.07) is 65.1. The minimum Gasteiger partial charge on any atom is -0.309 e. The zero-order valence-corrected chi connectivity index (χ0v) is 35.9. The highest BCUT2D eigenvalue weighted by Crippen LogP contribution is 2.44. The fourth-order valence-electron chi connectivity index (χ4n) is 9.57. The lowest BCUT2D eigenvalue weighted by molar-refractivity contribution is -0.137. The number of benzene rings is 9. The second kappa shape index (κ2) is 15.3. The van der Waals surface area contributed by atoms with Crippen LogP contribution in [0.2, 0.25) is 0 Å². The van der Waals surface area contributed by atoms with Crippen molar-refractivity contribution < 1.29 is 13.2 Å². The van der Waals surface area contributed by atoms with Gasteiger partial charge in [0.15, 0.2) is 0 Å². The first-order valence-electron chi connectivity index (χ1n) is 21.6. The van der Waals surface area contributed by atoms with Crippen LogP contribution in [0.1, 0.15) is 27.8 Å². The van der Waals surface area contributed by atoms with Gasteiger partial charge < -0.3 is 9.13 Å². The van der Waals surface area contributed by atoms with E-state index in [1.165, 1.54) is 23.3 Å². The van der Waals surface area contributed by atoms with Crippen molar-refractivity contribution in [3.8, 4) is 62.0 Å². The van der Waals surface area contributed by atoms with E-state index in [-0.39, 0.29) is 0 Å². The Balaban J connectivity index is 1.21. The maximum Gasteiger partial charge on any atom is 0.416 e. The van der Waals surface area contributed by atoms with Crippen molar-refractivity contribution in [2.75, 3.05) is 0 Å². The number of nitriles is 1. The van der Waals surface area contributed by atoms with Gasteiger partial charge in [-0.15, -0.1) is 0 Å². The molecular weight excluding hydrogens is 808 g/mol. The smallest absolute Gasteiger partial charge is 0.309 e. The van der Waals surface area contributed by atoms with Crippen molar-refractivity contribution in [2.45, 2.75) is 26.9 Å². The molecule has 11 rings (SSSR count). The molecule has 0 atom stereocenters. The highest BCUT2D eigenvalue weighted by molar-refractivity contribution is 6.13. The number of fused-ring (bicyclic) bond motifs is 6. The number of hydrogen-bond donors (Lipinski definition) is 0. The molecule has 11 aromatic rings. The second-order valence-corrected chi connectivity index (χ2v) is 17.1. The molecule has 2 heterocycles. The third-order valence-corrected chi connectivity index (χ3v) is 12.7. The van der Waals surface area contributed by atoms with Gasteiger partial charge in [0.25, 0.3) is 0 Å². The van der Waals surface area contributed by atoms with Gasteiger partial charge in [-0.25, -0.2) is 0 Å². The summed E-state index contributed by atoms with van der Waals surface area (Å²) in [5.41, 5.74) is 15.4. The molecule has 9 aromatic carbocycles. The van der Waals surface area contributed by atoms with E-state index >= 15 is 0 Å². The van der Waals surface area contributed by atoms with Gasteiger partial charge >= 0.3 is 6.18 Å². The average Bonchev–Trinajstić information content (AvgIpc) is 3.83. The Labute approximate surface area is 374 Å². The Morgan fingerprint density at radius 2 is 0.831 bits per heavy atom. The number of aromatic nitrogens is 2. The summed E-state index contributed by atoms with van der Waals surface area (Å²) in [6.07, 6.45) is -4.51. The van der Waals surface area contributed by atoms with E-state index < -0.39 is 11.7 Å². The Kier molecular flexibility index (Phi) is 9.34. The molecule has 0 aliphatic carbocycles. The Hall–Kier alpha value is -8.14. The zero-order valence-electron chi connectivity index (χ0n) is 35.9. The molecule has 0 radical (unpaired) electrons. The van der Waals surface area contributed by atoms with Crippen LogP contribution < -0.4 is 0 Å². The Bertz CT molecular complexity index is 3730. The van der Waals surface area contributed by atoms with E-state index in [1.807, 2.05) is 60.7 Å². The lowest BCUT2D eigenvalue weighted by Crippen LogP contribution is -2.05. The maximum absolute atomic E-state index is 14.3. The number of alkyl halides is 3. The topological polar surface area (TPSA) is 33.6 Å². The molecule has 0 fully saturated rings. The number of hydrogen-bond acceptors (Lipinski definition) is 1. The summed E-state index contributed by atoms with van der Waals surface area (Å²) in [7, 11) is 0. The summed E-state index contributed by atoms with van der Waals surface area (Å²) in [5.74, 6) is 0. The van der Waals surface area contributed by atoms with Gasteiger partial charge in [-0.05, 0) is 126 Å². The van der Waals surface area contributed by atoms with Gasteiger partial charge in [0.05, 0.1) is 50.6 Å². The minimum absolute atomic E-state index is 0.472. The highest BCUT2D eigenvalue weighted by Gasteiger charge is 2.31. The normalized spacial score (nSPS) is 11.8. The number of nitrogens with zero attached hydrogens (tertiary/aromatic N) is 3. The first-order valence-corrected chi connectivity index (χ1v) is 21.6. The van der Waals surface area contributed by atoms with Gasteiger partial charge in [-0.2, -0.15) is 18.4 Å². The molecule has 0 amide bonds. The van der Waals surface area contributed by atoms with Gasteiger partial charge in [-0.3, -0.25) is 0 Å². The number of para-hydroxylation sites is 2. The zero-order chi connectivity index (χ0) is 44.6. The van der Waals surface area contributed by atoms with Crippen LogP contribution in [-0.2, 0) is 6.18 Å². The standard InChI is InChI=1S/C59H40F3N3/c1-36-12-17-40(18-13-36)42-22-26-55-51(32-42)47-8-4-6-10-53(47)64(55)57-30-39(35-63)16-24-49(57)50-25-21-44(45-28-38(3)29-46(31-45)59(60,61)62)34-58(50)65-54-11-7-5-9-48(54)52-33-43(23-27-56(52)65)41-19-14-37(2)15-20-41/h4-34H,1-3H3. The molecule has 0 N–H and O–H groups in total. The molecule has 0 aliphatic rings. The molecule has 65 heavy (non-hydrogen) atoms. The summed E-state index contributed by atoms with van der Waals surface area (Å²) in [5, 5.41) is 14.7. The maximum atomic E-state index is 14.3. The molecule has 0 spiro atoms. The number of aryl methyl sites for hydroxylation is 3. The highest BCUT2D eigenvalue weighted by atomic mass is 19.4. The third-order valence-electron chi connectivity index (χ3n) is 12.7. The SMILES string of the molecule is Cc1ccc(-c2ccc3c(c2)c2ccccc2n3-c2cc(C#N)ccc2-c2ccc(-c3cc(C)cc(C(F)(F)F)c3)cc2-n2c3ccccc3c3cc(-c4ccc(C)cc4)ccc32)cc1. The molecule has 0 aliphatic heterocycles. The van der Waals surface area contributed by atoms with Crippen LogP contribution in [0.3, 0.4) is 0 Å². The number of rotatable bonds is 6. The van der Waals surface area contributed by atoms with Crippen molar-refractivity contribution in [2.24, 2.45) is 0 Å². The second-order valence-electron chi connectivity index (χ2n) is 17.1.